The number of pyridine rings is 1. The number of ether oxygens (including phenoxy) is 1. The number of carbonyl (C=O) groups excluding carboxylic acids is 1. The molecule has 1 aliphatic rings. The van der Waals surface area contributed by atoms with Gasteiger partial charge in [-0.1, -0.05) is 25.1 Å². The molecule has 1 amide bonds. The molecule has 1 atom stereocenters. The average Bonchev–Trinajstić information content (AvgIpc) is 3.48. The Labute approximate surface area is 159 Å². The standard InChI is InChI=1S/C22H25N3O2/c1-4-18(16-8-7-9-17(14-16)27-3)24(2)22(26)20-19-10-5-6-13-25(19)21(23-20)15-11-12-15/h5-10,13-15,18H,4,11-12H2,1-3H3. The topological polar surface area (TPSA) is 46.8 Å². The van der Waals surface area contributed by atoms with Crippen molar-refractivity contribution in [1.29, 1.82) is 0 Å². The number of aromatic nitrogens is 2. The van der Waals surface area contributed by atoms with Gasteiger partial charge in [-0.25, -0.2) is 4.98 Å². The van der Waals surface area contributed by atoms with Crippen LogP contribution in [0.2, 0.25) is 0 Å². The lowest BCUT2D eigenvalue weighted by Gasteiger charge is -2.27. The van der Waals surface area contributed by atoms with E-state index in [0.717, 1.165) is 41.9 Å². The maximum atomic E-state index is 13.4. The van der Waals surface area contributed by atoms with Gasteiger partial charge in [-0.2, -0.15) is 0 Å². The first kappa shape index (κ1) is 17.6. The first-order valence-corrected chi connectivity index (χ1v) is 9.52. The first-order valence-electron chi connectivity index (χ1n) is 9.52. The van der Waals surface area contributed by atoms with Gasteiger partial charge in [-0.3, -0.25) is 4.79 Å². The molecule has 140 valence electrons. The number of hydrogen-bond donors (Lipinski definition) is 0. The van der Waals surface area contributed by atoms with E-state index in [2.05, 4.69) is 11.3 Å². The fourth-order valence-corrected chi connectivity index (χ4v) is 3.74. The Hall–Kier alpha value is -2.82. The minimum absolute atomic E-state index is 0.0302. The molecule has 1 aromatic carbocycles. The molecule has 0 spiro atoms. The second-order valence-electron chi connectivity index (χ2n) is 7.17. The normalized spacial score (nSPS) is 14.9. The van der Waals surface area contributed by atoms with E-state index in [0.29, 0.717) is 11.6 Å². The molecule has 27 heavy (non-hydrogen) atoms. The highest BCUT2D eigenvalue weighted by Gasteiger charge is 2.32. The van der Waals surface area contributed by atoms with Crippen LogP contribution in [-0.4, -0.2) is 34.3 Å². The Morgan fingerprint density at radius 2 is 2.11 bits per heavy atom. The number of nitrogens with zero attached hydrogens (tertiary/aromatic N) is 3. The van der Waals surface area contributed by atoms with Crippen molar-refractivity contribution in [2.24, 2.45) is 0 Å². The number of methoxy groups -OCH3 is 1. The van der Waals surface area contributed by atoms with Crippen molar-refractivity contribution in [2.75, 3.05) is 14.2 Å². The van der Waals surface area contributed by atoms with Crippen molar-refractivity contribution in [2.45, 2.75) is 38.1 Å². The van der Waals surface area contributed by atoms with E-state index in [4.69, 9.17) is 9.72 Å². The molecule has 2 aromatic heterocycles. The van der Waals surface area contributed by atoms with Crippen LogP contribution < -0.4 is 4.74 Å². The number of rotatable bonds is 6. The maximum Gasteiger partial charge on any atom is 0.274 e. The summed E-state index contributed by atoms with van der Waals surface area (Å²) in [5, 5.41) is 0. The van der Waals surface area contributed by atoms with E-state index < -0.39 is 0 Å². The third-order valence-corrected chi connectivity index (χ3v) is 5.37. The van der Waals surface area contributed by atoms with Gasteiger partial charge in [0.25, 0.3) is 5.91 Å². The molecule has 2 heterocycles. The molecule has 0 aliphatic heterocycles. The highest BCUT2D eigenvalue weighted by atomic mass is 16.5. The average molecular weight is 363 g/mol. The van der Waals surface area contributed by atoms with E-state index in [1.807, 2.05) is 55.7 Å². The van der Waals surface area contributed by atoms with Gasteiger partial charge in [0.1, 0.15) is 11.6 Å². The van der Waals surface area contributed by atoms with Crippen LogP contribution in [-0.2, 0) is 0 Å². The molecule has 0 N–H and O–H groups in total. The Morgan fingerprint density at radius 1 is 1.30 bits per heavy atom. The van der Waals surface area contributed by atoms with Crippen molar-refractivity contribution >= 4 is 11.4 Å². The molecule has 0 radical (unpaired) electrons. The molecular formula is C22H25N3O2. The largest absolute Gasteiger partial charge is 0.497 e. The molecule has 5 heteroatoms. The Morgan fingerprint density at radius 3 is 2.81 bits per heavy atom. The number of carbonyl (C=O) groups is 1. The number of hydrogen-bond acceptors (Lipinski definition) is 3. The highest BCUT2D eigenvalue weighted by Crippen LogP contribution is 2.40. The summed E-state index contributed by atoms with van der Waals surface area (Å²) in [6.45, 7) is 2.09. The predicted octanol–water partition coefficient (Wildman–Crippen LogP) is 4.44. The summed E-state index contributed by atoms with van der Waals surface area (Å²) in [4.78, 5) is 19.9. The van der Waals surface area contributed by atoms with E-state index in [9.17, 15) is 4.79 Å². The van der Waals surface area contributed by atoms with E-state index >= 15 is 0 Å². The second kappa shape index (κ2) is 7.06. The third kappa shape index (κ3) is 3.18. The van der Waals surface area contributed by atoms with Crippen molar-refractivity contribution in [3.05, 3.63) is 65.7 Å². The Bertz CT molecular complexity index is 975. The highest BCUT2D eigenvalue weighted by molar-refractivity contribution is 5.99. The van der Waals surface area contributed by atoms with Crippen LogP contribution >= 0.6 is 0 Å². The van der Waals surface area contributed by atoms with Crippen molar-refractivity contribution in [3.63, 3.8) is 0 Å². The Balaban J connectivity index is 1.70. The van der Waals surface area contributed by atoms with E-state index in [1.54, 1.807) is 12.0 Å². The molecule has 0 bridgehead atoms. The summed E-state index contributed by atoms with van der Waals surface area (Å²) >= 11 is 0. The molecule has 0 saturated heterocycles. The molecule has 1 aliphatic carbocycles. The van der Waals surface area contributed by atoms with Crippen molar-refractivity contribution in [1.82, 2.24) is 14.3 Å². The summed E-state index contributed by atoms with van der Waals surface area (Å²) in [5.41, 5.74) is 2.50. The predicted molar refractivity (Wildman–Crippen MR) is 105 cm³/mol. The zero-order valence-electron chi connectivity index (χ0n) is 16.1. The third-order valence-electron chi connectivity index (χ3n) is 5.37. The Kier molecular flexibility index (Phi) is 4.60. The fraction of sp³-hybridized carbons (Fsp3) is 0.364. The van der Waals surface area contributed by atoms with Gasteiger partial charge >= 0.3 is 0 Å². The first-order chi connectivity index (χ1) is 13.1. The molecule has 1 unspecified atom stereocenters. The van der Waals surface area contributed by atoms with Gasteiger partial charge in [0, 0.05) is 19.2 Å². The second-order valence-corrected chi connectivity index (χ2v) is 7.17. The van der Waals surface area contributed by atoms with Crippen molar-refractivity contribution < 1.29 is 9.53 Å². The van der Waals surface area contributed by atoms with Gasteiger partial charge in [0.05, 0.1) is 18.7 Å². The lowest BCUT2D eigenvalue weighted by atomic mass is 10.0. The summed E-state index contributed by atoms with van der Waals surface area (Å²) < 4.78 is 7.42. The van der Waals surface area contributed by atoms with Crippen molar-refractivity contribution in [3.8, 4) is 5.75 Å². The van der Waals surface area contributed by atoms with Crippen LogP contribution in [0.25, 0.3) is 5.52 Å². The quantitative estimate of drug-likeness (QED) is 0.650. The van der Waals surface area contributed by atoms with Crippen LogP contribution in [0, 0.1) is 0 Å². The molecular weight excluding hydrogens is 338 g/mol. The number of benzene rings is 1. The van der Waals surface area contributed by atoms with Gasteiger partial charge in [-0.05, 0) is 49.1 Å². The molecule has 3 aromatic rings. The van der Waals surface area contributed by atoms with Crippen LogP contribution in [0.1, 0.15) is 60.0 Å². The molecule has 5 nitrogen and oxygen atoms in total. The van der Waals surface area contributed by atoms with Gasteiger partial charge in [0.15, 0.2) is 5.69 Å². The molecule has 1 saturated carbocycles. The minimum Gasteiger partial charge on any atom is -0.497 e. The van der Waals surface area contributed by atoms with E-state index in [1.165, 1.54) is 0 Å². The lowest BCUT2D eigenvalue weighted by Crippen LogP contribution is -2.31. The minimum atomic E-state index is -0.0414. The lowest BCUT2D eigenvalue weighted by molar-refractivity contribution is 0.0722. The van der Waals surface area contributed by atoms with Crippen LogP contribution in [0.5, 0.6) is 5.75 Å². The number of amides is 1. The number of imidazole rings is 1. The zero-order valence-corrected chi connectivity index (χ0v) is 16.1. The van der Waals surface area contributed by atoms with Gasteiger partial charge < -0.3 is 14.0 Å². The van der Waals surface area contributed by atoms with Gasteiger partial charge in [-0.15, -0.1) is 0 Å². The summed E-state index contributed by atoms with van der Waals surface area (Å²) in [5.74, 6) is 2.25. The monoisotopic (exact) mass is 363 g/mol. The summed E-state index contributed by atoms with van der Waals surface area (Å²) in [6.07, 6.45) is 5.13. The molecule has 4 rings (SSSR count). The smallest absolute Gasteiger partial charge is 0.274 e. The van der Waals surface area contributed by atoms with E-state index in [-0.39, 0.29) is 11.9 Å². The van der Waals surface area contributed by atoms with Crippen LogP contribution in [0.3, 0.4) is 0 Å². The van der Waals surface area contributed by atoms with Crippen LogP contribution in [0.15, 0.2) is 48.7 Å². The summed E-state index contributed by atoms with van der Waals surface area (Å²) in [7, 11) is 3.52. The molecule has 1 fully saturated rings. The zero-order chi connectivity index (χ0) is 19.0. The number of fused-ring (bicyclic) bond motifs is 1. The van der Waals surface area contributed by atoms with Crippen LogP contribution in [0.4, 0.5) is 0 Å². The summed E-state index contributed by atoms with van der Waals surface area (Å²) in [6, 6.07) is 13.8. The van der Waals surface area contributed by atoms with Gasteiger partial charge in [0.2, 0.25) is 0 Å². The fourth-order valence-electron chi connectivity index (χ4n) is 3.74. The maximum absolute atomic E-state index is 13.4. The SMILES string of the molecule is CCC(c1cccc(OC)c1)N(C)C(=O)c1nc(C2CC2)n2ccccc12.